The number of rotatable bonds is 2. The topological polar surface area (TPSA) is 0 Å². The van der Waals surface area contributed by atoms with Crippen LogP contribution in [0, 0.1) is 0 Å². The molecule has 1 heterocycles. The summed E-state index contributed by atoms with van der Waals surface area (Å²) in [5.41, 5.74) is 1.38. The van der Waals surface area contributed by atoms with E-state index in [9.17, 15) is 0 Å². The third-order valence-electron chi connectivity index (χ3n) is 2.85. The summed E-state index contributed by atoms with van der Waals surface area (Å²) in [5, 5.41) is 2.78. The van der Waals surface area contributed by atoms with Crippen molar-refractivity contribution in [2.75, 3.05) is 0 Å². The Morgan fingerprint density at radius 2 is 1.81 bits per heavy atom. The minimum absolute atomic E-state index is 0.943. The van der Waals surface area contributed by atoms with E-state index in [2.05, 4.69) is 49.0 Å². The van der Waals surface area contributed by atoms with E-state index in [1.165, 1.54) is 25.7 Å². The van der Waals surface area contributed by atoms with Gasteiger partial charge in [0.2, 0.25) is 0 Å². The van der Waals surface area contributed by atoms with E-state index in [1.807, 2.05) is 17.4 Å². The van der Waals surface area contributed by atoms with Gasteiger partial charge in [0.15, 0.2) is 0 Å². The Labute approximate surface area is 98.8 Å². The average Bonchev–Trinajstić information content (AvgIpc) is 2.68. The molecule has 3 aromatic rings. The lowest BCUT2D eigenvalue weighted by atomic mass is 10.0. The molecule has 0 fully saturated rings. The number of allylic oxidation sites excluding steroid dienone is 1. The summed E-state index contributed by atoms with van der Waals surface area (Å²) in [4.78, 5) is 0. The molecule has 0 amide bonds. The summed E-state index contributed by atoms with van der Waals surface area (Å²) in [6.07, 6.45) is 2.92. The summed E-state index contributed by atoms with van der Waals surface area (Å²) in [7, 11) is 0. The predicted octanol–water partition coefficient (Wildman–Crippen LogP) is 4.78. The fraction of sp³-hybridized carbons (Fsp3) is 0.0667. The van der Waals surface area contributed by atoms with Crippen LogP contribution >= 0.6 is 11.3 Å². The molecule has 0 aliphatic carbocycles. The molecule has 0 nitrogen and oxygen atoms in total. The van der Waals surface area contributed by atoms with E-state index >= 15 is 0 Å². The Kier molecular flexibility index (Phi) is 2.26. The van der Waals surface area contributed by atoms with Crippen LogP contribution in [0.15, 0.2) is 55.1 Å². The summed E-state index contributed by atoms with van der Waals surface area (Å²) >= 11 is 1.87. The van der Waals surface area contributed by atoms with Gasteiger partial charge in [-0.05, 0) is 24.1 Å². The van der Waals surface area contributed by atoms with E-state index in [0.717, 1.165) is 6.42 Å². The van der Waals surface area contributed by atoms with Gasteiger partial charge < -0.3 is 0 Å². The predicted molar refractivity (Wildman–Crippen MR) is 73.2 cm³/mol. The van der Waals surface area contributed by atoms with Gasteiger partial charge in [-0.3, -0.25) is 0 Å². The first-order chi connectivity index (χ1) is 7.90. The average molecular weight is 224 g/mol. The van der Waals surface area contributed by atoms with Gasteiger partial charge in [0.05, 0.1) is 0 Å². The summed E-state index contributed by atoms with van der Waals surface area (Å²) in [5.74, 6) is 0. The number of fused-ring (bicyclic) bond motifs is 3. The second-order valence-electron chi connectivity index (χ2n) is 3.88. The molecule has 0 spiro atoms. The fourth-order valence-corrected chi connectivity index (χ4v) is 3.33. The van der Waals surface area contributed by atoms with E-state index < -0.39 is 0 Å². The third-order valence-corrected chi connectivity index (χ3v) is 3.99. The Morgan fingerprint density at radius 1 is 1.00 bits per heavy atom. The molecule has 1 heteroatoms. The van der Waals surface area contributed by atoms with Crippen LogP contribution in [-0.2, 0) is 6.42 Å². The van der Waals surface area contributed by atoms with Gasteiger partial charge in [-0.25, -0.2) is 0 Å². The zero-order chi connectivity index (χ0) is 11.0. The highest BCUT2D eigenvalue weighted by Crippen LogP contribution is 2.35. The molecule has 3 rings (SSSR count). The lowest BCUT2D eigenvalue weighted by Crippen LogP contribution is -1.80. The van der Waals surface area contributed by atoms with Crippen LogP contribution in [0.2, 0.25) is 0 Å². The van der Waals surface area contributed by atoms with Crippen molar-refractivity contribution in [2.24, 2.45) is 0 Å². The molecular formula is C15H12S. The molecule has 1 aromatic heterocycles. The number of hydrogen-bond acceptors (Lipinski definition) is 1. The molecule has 0 saturated heterocycles. The third kappa shape index (κ3) is 1.36. The normalized spacial score (nSPS) is 11.0. The molecule has 16 heavy (non-hydrogen) atoms. The molecule has 0 N–H and O–H groups in total. The maximum Gasteiger partial charge on any atom is 0.0358 e. The second kappa shape index (κ2) is 3.76. The van der Waals surface area contributed by atoms with Gasteiger partial charge >= 0.3 is 0 Å². The molecule has 0 aliphatic heterocycles. The SMILES string of the molecule is C=CCc1cccc2sc3ccccc3c12. The van der Waals surface area contributed by atoms with Crippen molar-refractivity contribution in [3.05, 3.63) is 60.7 Å². The van der Waals surface area contributed by atoms with Gasteiger partial charge in [-0.1, -0.05) is 36.4 Å². The molecule has 0 bridgehead atoms. The van der Waals surface area contributed by atoms with Gasteiger partial charge in [-0.15, -0.1) is 17.9 Å². The first kappa shape index (κ1) is 9.61. The highest BCUT2D eigenvalue weighted by Gasteiger charge is 2.07. The zero-order valence-electron chi connectivity index (χ0n) is 8.94. The molecule has 0 atom stereocenters. The van der Waals surface area contributed by atoms with Gasteiger partial charge in [0.25, 0.3) is 0 Å². The Bertz CT molecular complexity index is 661. The molecule has 0 unspecified atom stereocenters. The molecule has 0 aliphatic rings. The molecular weight excluding hydrogens is 212 g/mol. The van der Waals surface area contributed by atoms with Crippen LogP contribution < -0.4 is 0 Å². The fourth-order valence-electron chi connectivity index (χ4n) is 2.17. The van der Waals surface area contributed by atoms with Crippen LogP contribution in [0.3, 0.4) is 0 Å². The highest BCUT2D eigenvalue weighted by atomic mass is 32.1. The number of benzene rings is 2. The van der Waals surface area contributed by atoms with Crippen molar-refractivity contribution >= 4 is 31.5 Å². The maximum atomic E-state index is 3.83. The Balaban J connectivity index is 2.47. The van der Waals surface area contributed by atoms with Crippen LogP contribution in [-0.4, -0.2) is 0 Å². The number of thiophene rings is 1. The number of hydrogen-bond donors (Lipinski definition) is 0. The largest absolute Gasteiger partial charge is 0.135 e. The van der Waals surface area contributed by atoms with Gasteiger partial charge in [0.1, 0.15) is 0 Å². The Hall–Kier alpha value is -1.60. The lowest BCUT2D eigenvalue weighted by molar-refractivity contribution is 1.32. The molecule has 2 aromatic carbocycles. The quantitative estimate of drug-likeness (QED) is 0.549. The summed E-state index contributed by atoms with van der Waals surface area (Å²) in [6.45, 7) is 3.83. The second-order valence-corrected chi connectivity index (χ2v) is 4.97. The van der Waals surface area contributed by atoms with Crippen molar-refractivity contribution in [1.29, 1.82) is 0 Å². The van der Waals surface area contributed by atoms with Crippen LogP contribution in [0.25, 0.3) is 20.2 Å². The van der Waals surface area contributed by atoms with Crippen LogP contribution in [0.4, 0.5) is 0 Å². The lowest BCUT2D eigenvalue weighted by Gasteiger charge is -1.99. The van der Waals surface area contributed by atoms with Gasteiger partial charge in [0, 0.05) is 20.2 Å². The molecule has 0 saturated carbocycles. The molecule has 78 valence electrons. The first-order valence-electron chi connectivity index (χ1n) is 5.40. The van der Waals surface area contributed by atoms with Crippen molar-refractivity contribution in [3.63, 3.8) is 0 Å². The highest BCUT2D eigenvalue weighted by molar-refractivity contribution is 7.25. The van der Waals surface area contributed by atoms with E-state index in [1.54, 1.807) is 0 Å². The standard InChI is InChI=1S/C15H12S/c1-2-6-11-7-5-10-14-15(11)12-8-3-4-9-13(12)16-14/h2-5,7-10H,1,6H2. The monoisotopic (exact) mass is 224 g/mol. The molecule has 0 radical (unpaired) electrons. The van der Waals surface area contributed by atoms with Crippen molar-refractivity contribution in [3.8, 4) is 0 Å². The van der Waals surface area contributed by atoms with Crippen LogP contribution in [0.5, 0.6) is 0 Å². The Morgan fingerprint density at radius 3 is 2.69 bits per heavy atom. The van der Waals surface area contributed by atoms with Crippen molar-refractivity contribution in [2.45, 2.75) is 6.42 Å². The summed E-state index contributed by atoms with van der Waals surface area (Å²) < 4.78 is 2.74. The van der Waals surface area contributed by atoms with Crippen LogP contribution in [0.1, 0.15) is 5.56 Å². The zero-order valence-corrected chi connectivity index (χ0v) is 9.76. The smallest absolute Gasteiger partial charge is 0.0358 e. The van der Waals surface area contributed by atoms with E-state index in [4.69, 9.17) is 0 Å². The summed E-state index contributed by atoms with van der Waals surface area (Å²) in [6, 6.07) is 15.1. The minimum Gasteiger partial charge on any atom is -0.135 e. The minimum atomic E-state index is 0.943. The first-order valence-corrected chi connectivity index (χ1v) is 6.22. The van der Waals surface area contributed by atoms with Gasteiger partial charge in [-0.2, -0.15) is 0 Å². The van der Waals surface area contributed by atoms with Crippen molar-refractivity contribution in [1.82, 2.24) is 0 Å². The maximum absolute atomic E-state index is 3.83. The van der Waals surface area contributed by atoms with E-state index in [0.29, 0.717) is 0 Å². The van der Waals surface area contributed by atoms with E-state index in [-0.39, 0.29) is 0 Å². The van der Waals surface area contributed by atoms with Crippen molar-refractivity contribution < 1.29 is 0 Å².